The van der Waals surface area contributed by atoms with E-state index in [0.29, 0.717) is 18.5 Å². The third-order valence-electron chi connectivity index (χ3n) is 3.97. The second kappa shape index (κ2) is 6.58. The lowest BCUT2D eigenvalue weighted by Gasteiger charge is -2.14. The first-order chi connectivity index (χ1) is 11.7. The summed E-state index contributed by atoms with van der Waals surface area (Å²) in [7, 11) is 0. The zero-order chi connectivity index (χ0) is 17.1. The predicted octanol–water partition coefficient (Wildman–Crippen LogP) is 3.07. The summed E-state index contributed by atoms with van der Waals surface area (Å²) in [6, 6.07) is 17.4. The van der Waals surface area contributed by atoms with Crippen LogP contribution in [0.15, 0.2) is 59.4 Å². The topological polar surface area (TPSA) is 56.0 Å². The van der Waals surface area contributed by atoms with Crippen LogP contribution in [0.2, 0.25) is 0 Å². The molecule has 0 aliphatic carbocycles. The smallest absolute Gasteiger partial charge is 0.295 e. The molecular formula is C19H19N3O2. The number of nitrogens with zero attached hydrogens (tertiary/aromatic N) is 2. The van der Waals surface area contributed by atoms with Crippen LogP contribution < -0.4 is 10.9 Å². The molecule has 0 unspecified atom stereocenters. The number of nitrogens with one attached hydrogen (secondary N) is 1. The molecule has 0 atom stereocenters. The van der Waals surface area contributed by atoms with Gasteiger partial charge in [0, 0.05) is 0 Å². The molecule has 3 rings (SSSR count). The van der Waals surface area contributed by atoms with Crippen molar-refractivity contribution < 1.29 is 4.79 Å². The molecule has 0 aliphatic rings. The van der Waals surface area contributed by atoms with E-state index in [4.69, 9.17) is 0 Å². The van der Waals surface area contributed by atoms with Gasteiger partial charge in [0.05, 0.1) is 17.1 Å². The Labute approximate surface area is 140 Å². The predicted molar refractivity (Wildman–Crippen MR) is 95.2 cm³/mol. The van der Waals surface area contributed by atoms with E-state index in [9.17, 15) is 9.59 Å². The molecule has 0 saturated heterocycles. The first kappa shape index (κ1) is 15.8. The molecule has 2 aromatic carbocycles. The third kappa shape index (κ3) is 2.65. The molecule has 5 heteroatoms. The van der Waals surface area contributed by atoms with Crippen molar-refractivity contribution in [3.05, 3.63) is 76.2 Å². The number of hydrogen-bond donors (Lipinski definition) is 1. The zero-order valence-corrected chi connectivity index (χ0v) is 13.7. The lowest BCUT2D eigenvalue weighted by Crippen LogP contribution is -2.21. The van der Waals surface area contributed by atoms with Gasteiger partial charge in [0.2, 0.25) is 6.41 Å². The highest BCUT2D eigenvalue weighted by atomic mass is 16.1. The fourth-order valence-electron chi connectivity index (χ4n) is 2.84. The standard InChI is InChI=1S/C19H19N3O2/c1-3-17-18(20-13-23)19(24)22(16-11-9-14(2)10-12-16)21(17)15-7-5-4-6-8-15/h4-13H,3H2,1-2H3,(H,20,23). The highest BCUT2D eigenvalue weighted by Crippen LogP contribution is 2.21. The maximum atomic E-state index is 12.9. The van der Waals surface area contributed by atoms with Gasteiger partial charge >= 0.3 is 0 Å². The summed E-state index contributed by atoms with van der Waals surface area (Å²) in [5.74, 6) is 0. The van der Waals surface area contributed by atoms with E-state index in [1.807, 2.05) is 73.1 Å². The maximum Gasteiger partial charge on any atom is 0.295 e. The normalized spacial score (nSPS) is 10.6. The highest BCUT2D eigenvalue weighted by molar-refractivity contribution is 5.73. The summed E-state index contributed by atoms with van der Waals surface area (Å²) in [5, 5.41) is 2.57. The van der Waals surface area contributed by atoms with Crippen molar-refractivity contribution in [2.75, 3.05) is 5.32 Å². The molecule has 0 aliphatic heterocycles. The van der Waals surface area contributed by atoms with E-state index in [1.165, 1.54) is 0 Å². The maximum absolute atomic E-state index is 12.9. The van der Waals surface area contributed by atoms with Gasteiger partial charge in [0.15, 0.2) is 0 Å². The molecule has 1 amide bonds. The van der Waals surface area contributed by atoms with Crippen molar-refractivity contribution in [2.45, 2.75) is 20.3 Å². The molecule has 1 aromatic heterocycles. The van der Waals surface area contributed by atoms with Crippen LogP contribution in [0.25, 0.3) is 11.4 Å². The van der Waals surface area contributed by atoms with E-state index >= 15 is 0 Å². The minimum absolute atomic E-state index is 0.244. The molecule has 122 valence electrons. The Hall–Kier alpha value is -3.08. The van der Waals surface area contributed by atoms with Crippen molar-refractivity contribution in [3.8, 4) is 11.4 Å². The number of rotatable bonds is 5. The molecule has 5 nitrogen and oxygen atoms in total. The number of anilines is 1. The molecule has 24 heavy (non-hydrogen) atoms. The number of aryl methyl sites for hydroxylation is 1. The molecule has 0 spiro atoms. The fourth-order valence-corrected chi connectivity index (χ4v) is 2.84. The molecule has 0 radical (unpaired) electrons. The molecule has 1 N–H and O–H groups in total. The van der Waals surface area contributed by atoms with Crippen LogP contribution in [-0.2, 0) is 11.2 Å². The molecule has 0 saturated carbocycles. The van der Waals surface area contributed by atoms with Gasteiger partial charge in [-0.15, -0.1) is 0 Å². The first-order valence-electron chi connectivity index (χ1n) is 7.87. The van der Waals surface area contributed by atoms with Crippen LogP contribution in [0.5, 0.6) is 0 Å². The summed E-state index contributed by atoms with van der Waals surface area (Å²) >= 11 is 0. The van der Waals surface area contributed by atoms with E-state index in [2.05, 4.69) is 5.32 Å². The number of carbonyl (C=O) groups excluding carboxylic acids is 1. The van der Waals surface area contributed by atoms with Crippen molar-refractivity contribution in [2.24, 2.45) is 0 Å². The third-order valence-corrected chi connectivity index (χ3v) is 3.97. The fraction of sp³-hybridized carbons (Fsp3) is 0.158. The van der Waals surface area contributed by atoms with Crippen LogP contribution in [0, 0.1) is 6.92 Å². The molecule has 0 fully saturated rings. The first-order valence-corrected chi connectivity index (χ1v) is 7.87. The van der Waals surface area contributed by atoms with Gasteiger partial charge in [-0.25, -0.2) is 9.36 Å². The van der Waals surface area contributed by atoms with Crippen LogP contribution in [-0.4, -0.2) is 15.8 Å². The van der Waals surface area contributed by atoms with E-state index in [0.717, 1.165) is 22.6 Å². The SMILES string of the molecule is CCc1c(NC=O)c(=O)n(-c2ccc(C)cc2)n1-c1ccccc1. The lowest BCUT2D eigenvalue weighted by atomic mass is 10.2. The lowest BCUT2D eigenvalue weighted by molar-refractivity contribution is -0.105. The van der Waals surface area contributed by atoms with Gasteiger partial charge in [-0.3, -0.25) is 9.59 Å². The van der Waals surface area contributed by atoms with Crippen LogP contribution in [0.1, 0.15) is 18.2 Å². The Morgan fingerprint density at radius 3 is 2.17 bits per heavy atom. The quantitative estimate of drug-likeness (QED) is 0.734. The Balaban J connectivity index is 2.36. The Morgan fingerprint density at radius 1 is 0.958 bits per heavy atom. The molecule has 0 bridgehead atoms. The number of amides is 1. The minimum Gasteiger partial charge on any atom is -0.323 e. The molecular weight excluding hydrogens is 302 g/mol. The van der Waals surface area contributed by atoms with Crippen molar-refractivity contribution in [1.29, 1.82) is 0 Å². The summed E-state index contributed by atoms with van der Waals surface area (Å²) in [6.07, 6.45) is 1.16. The highest BCUT2D eigenvalue weighted by Gasteiger charge is 2.20. The zero-order valence-electron chi connectivity index (χ0n) is 13.7. The van der Waals surface area contributed by atoms with Gasteiger partial charge in [0.1, 0.15) is 5.69 Å². The van der Waals surface area contributed by atoms with Gasteiger partial charge in [-0.1, -0.05) is 42.8 Å². The summed E-state index contributed by atoms with van der Waals surface area (Å²) in [5.41, 5.74) is 3.57. The van der Waals surface area contributed by atoms with Crippen molar-refractivity contribution >= 4 is 12.1 Å². The number of para-hydroxylation sites is 1. The Morgan fingerprint density at radius 2 is 1.58 bits per heavy atom. The summed E-state index contributed by atoms with van der Waals surface area (Å²) < 4.78 is 3.46. The largest absolute Gasteiger partial charge is 0.323 e. The van der Waals surface area contributed by atoms with E-state index in [1.54, 1.807) is 4.68 Å². The molecule has 1 heterocycles. The second-order valence-electron chi connectivity index (χ2n) is 5.54. The average Bonchev–Trinajstić information content (AvgIpc) is 2.89. The summed E-state index contributed by atoms with van der Waals surface area (Å²) in [6.45, 7) is 3.96. The molecule has 3 aromatic rings. The number of carbonyl (C=O) groups is 1. The van der Waals surface area contributed by atoms with E-state index in [-0.39, 0.29) is 5.56 Å². The number of benzene rings is 2. The van der Waals surface area contributed by atoms with Gasteiger partial charge < -0.3 is 5.32 Å². The monoisotopic (exact) mass is 321 g/mol. The average molecular weight is 321 g/mol. The second-order valence-corrected chi connectivity index (χ2v) is 5.54. The Kier molecular flexibility index (Phi) is 4.33. The van der Waals surface area contributed by atoms with Crippen LogP contribution in [0.3, 0.4) is 0 Å². The van der Waals surface area contributed by atoms with Crippen LogP contribution >= 0.6 is 0 Å². The van der Waals surface area contributed by atoms with Gasteiger partial charge in [-0.05, 0) is 37.6 Å². The van der Waals surface area contributed by atoms with Gasteiger partial charge in [-0.2, -0.15) is 0 Å². The number of hydrogen-bond acceptors (Lipinski definition) is 2. The van der Waals surface area contributed by atoms with Gasteiger partial charge in [0.25, 0.3) is 5.56 Å². The van der Waals surface area contributed by atoms with Crippen molar-refractivity contribution in [1.82, 2.24) is 9.36 Å². The number of aromatic nitrogens is 2. The Bertz CT molecular complexity index is 906. The minimum atomic E-state index is -0.244. The van der Waals surface area contributed by atoms with Crippen molar-refractivity contribution in [3.63, 3.8) is 0 Å². The summed E-state index contributed by atoms with van der Waals surface area (Å²) in [4.78, 5) is 23.9. The van der Waals surface area contributed by atoms with Crippen LogP contribution in [0.4, 0.5) is 5.69 Å². The van der Waals surface area contributed by atoms with E-state index < -0.39 is 0 Å².